The van der Waals surface area contributed by atoms with Gasteiger partial charge in [-0.05, 0) is 31.4 Å². The van der Waals surface area contributed by atoms with Gasteiger partial charge in [0.2, 0.25) is 5.92 Å². The third-order valence-corrected chi connectivity index (χ3v) is 8.53. The predicted octanol–water partition coefficient (Wildman–Crippen LogP) is 6.37. The molecule has 1 aliphatic carbocycles. The van der Waals surface area contributed by atoms with Gasteiger partial charge in [-0.1, -0.05) is 42.1 Å². The Kier molecular flexibility index (Phi) is 9.04. The minimum absolute atomic E-state index is 0.0208. The molecule has 0 bridgehead atoms. The topological polar surface area (TPSA) is 35.6 Å². The van der Waals surface area contributed by atoms with Gasteiger partial charge in [-0.15, -0.1) is 0 Å². The number of hydrogen-bond donors (Lipinski definition) is 1. The highest BCUT2D eigenvalue weighted by molar-refractivity contribution is 7.97. The first-order valence-corrected chi connectivity index (χ1v) is 12.9. The number of carbonyl (C=O) groups is 1. The Labute approximate surface area is 210 Å². The van der Waals surface area contributed by atoms with Crippen LogP contribution in [0.1, 0.15) is 54.9 Å². The average molecular weight is 548 g/mol. The van der Waals surface area contributed by atoms with Crippen LogP contribution in [0.4, 0.5) is 22.0 Å². The van der Waals surface area contributed by atoms with Crippen molar-refractivity contribution in [3.8, 4) is 0 Å². The summed E-state index contributed by atoms with van der Waals surface area (Å²) in [6, 6.07) is 1.71. The molecular formula is C22H28Cl2F5N3OS. The Morgan fingerprint density at radius 1 is 1.09 bits per heavy atom. The molecule has 1 N–H and O–H groups in total. The minimum atomic E-state index is -4.75. The fourth-order valence-corrected chi connectivity index (χ4v) is 6.02. The Morgan fingerprint density at radius 2 is 1.71 bits per heavy atom. The monoisotopic (exact) mass is 547 g/mol. The Hall–Kier alpha value is -0.810. The second-order valence-corrected chi connectivity index (χ2v) is 10.8. The molecule has 2 aliphatic rings. The van der Waals surface area contributed by atoms with Crippen molar-refractivity contribution in [3.05, 3.63) is 33.3 Å². The van der Waals surface area contributed by atoms with Gasteiger partial charge in [0.15, 0.2) is 0 Å². The van der Waals surface area contributed by atoms with Gasteiger partial charge in [-0.2, -0.15) is 13.2 Å². The zero-order valence-electron chi connectivity index (χ0n) is 18.8. The third kappa shape index (κ3) is 6.49. The van der Waals surface area contributed by atoms with E-state index in [2.05, 4.69) is 21.4 Å². The van der Waals surface area contributed by atoms with E-state index in [-0.39, 0.29) is 37.3 Å². The average Bonchev–Trinajstić information content (AvgIpc) is 2.77. The van der Waals surface area contributed by atoms with Crippen molar-refractivity contribution in [2.24, 2.45) is 0 Å². The van der Waals surface area contributed by atoms with Crippen LogP contribution in [-0.2, 0) is 6.18 Å². The van der Waals surface area contributed by atoms with Gasteiger partial charge < -0.3 is 5.32 Å². The Bertz CT molecular complexity index is 869. The molecule has 1 saturated carbocycles. The van der Waals surface area contributed by atoms with Gasteiger partial charge in [-0.3, -0.25) is 9.69 Å². The summed E-state index contributed by atoms with van der Waals surface area (Å²) in [7, 11) is 0. The van der Waals surface area contributed by atoms with E-state index in [0.717, 1.165) is 37.4 Å². The van der Waals surface area contributed by atoms with E-state index < -0.39 is 39.7 Å². The molecule has 0 unspecified atom stereocenters. The van der Waals surface area contributed by atoms with E-state index in [0.29, 0.717) is 13.1 Å². The Morgan fingerprint density at radius 3 is 2.26 bits per heavy atom. The van der Waals surface area contributed by atoms with Gasteiger partial charge in [-0.25, -0.2) is 13.1 Å². The molecule has 192 valence electrons. The zero-order valence-corrected chi connectivity index (χ0v) is 21.1. The molecule has 1 aliphatic heterocycles. The lowest BCUT2D eigenvalue weighted by molar-refractivity contribution is -0.137. The minimum Gasteiger partial charge on any atom is -0.350 e. The highest BCUT2D eigenvalue weighted by atomic mass is 35.5. The van der Waals surface area contributed by atoms with Crippen molar-refractivity contribution < 1.29 is 26.7 Å². The second-order valence-electron chi connectivity index (χ2n) is 8.79. The number of rotatable bonds is 7. The number of halogens is 7. The predicted molar refractivity (Wildman–Crippen MR) is 126 cm³/mol. The molecule has 0 radical (unpaired) electrons. The summed E-state index contributed by atoms with van der Waals surface area (Å²) in [6.07, 6.45) is -3.96. The molecule has 12 heteroatoms. The number of nitrogens with zero attached hydrogens (tertiary/aromatic N) is 2. The molecule has 34 heavy (non-hydrogen) atoms. The number of piperazine rings is 1. The first kappa shape index (κ1) is 27.8. The van der Waals surface area contributed by atoms with E-state index >= 15 is 0 Å². The Balaban J connectivity index is 1.76. The van der Waals surface area contributed by atoms with Gasteiger partial charge in [0.05, 0.1) is 21.2 Å². The lowest BCUT2D eigenvalue weighted by Crippen LogP contribution is -2.62. The van der Waals surface area contributed by atoms with E-state index in [4.69, 9.17) is 23.2 Å². The number of carbonyl (C=O) groups excluding carboxylic acids is 1. The maximum absolute atomic E-state index is 14.0. The van der Waals surface area contributed by atoms with Crippen LogP contribution in [0.25, 0.3) is 0 Å². The van der Waals surface area contributed by atoms with Crippen LogP contribution in [0.5, 0.6) is 0 Å². The quantitative estimate of drug-likeness (QED) is 0.318. The molecule has 1 aromatic rings. The SMILES string of the molecule is CCCSN1CCN(C2(CNC(=O)c3c(Cl)ccc(C(F)(F)F)c3Cl)CCC(F)(F)CC2)CC1. The fraction of sp³-hybridized carbons (Fsp3) is 0.682. The van der Waals surface area contributed by atoms with Gasteiger partial charge in [0.25, 0.3) is 5.91 Å². The van der Waals surface area contributed by atoms with E-state index in [1.807, 2.05) is 0 Å². The van der Waals surface area contributed by atoms with Crippen LogP contribution in [0.3, 0.4) is 0 Å². The van der Waals surface area contributed by atoms with Gasteiger partial charge >= 0.3 is 6.18 Å². The summed E-state index contributed by atoms with van der Waals surface area (Å²) in [5.41, 5.74) is -2.33. The number of benzene rings is 1. The molecule has 1 amide bonds. The summed E-state index contributed by atoms with van der Waals surface area (Å²) in [5.74, 6) is -2.61. The lowest BCUT2D eigenvalue weighted by Gasteiger charge is -2.50. The molecule has 1 aromatic carbocycles. The number of nitrogens with one attached hydrogen (secondary N) is 1. The van der Waals surface area contributed by atoms with Crippen LogP contribution in [0.2, 0.25) is 10.0 Å². The first-order valence-electron chi connectivity index (χ1n) is 11.2. The molecule has 1 saturated heterocycles. The van der Waals surface area contributed by atoms with Crippen molar-refractivity contribution >= 4 is 41.1 Å². The van der Waals surface area contributed by atoms with E-state index in [1.54, 1.807) is 11.9 Å². The molecule has 0 aromatic heterocycles. The molecule has 0 atom stereocenters. The van der Waals surface area contributed by atoms with Crippen molar-refractivity contribution in [1.29, 1.82) is 0 Å². The third-order valence-electron chi connectivity index (χ3n) is 6.50. The standard InChI is InChI=1S/C22H28Cl2F5N3OS/c1-2-13-34-32-11-9-31(10-12-32)20(5-7-21(25,26)8-6-20)14-30-19(33)17-16(23)4-3-15(18(17)24)22(27,28)29/h3-4H,2,5-14H2,1H3,(H,30,33). The second kappa shape index (κ2) is 11.1. The zero-order chi connectivity index (χ0) is 25.1. The van der Waals surface area contributed by atoms with Crippen molar-refractivity contribution in [2.45, 2.75) is 56.7 Å². The number of hydrogen-bond acceptors (Lipinski definition) is 4. The number of alkyl halides is 5. The van der Waals surface area contributed by atoms with E-state index in [1.165, 1.54) is 0 Å². The van der Waals surface area contributed by atoms with Crippen LogP contribution >= 0.6 is 35.1 Å². The lowest BCUT2D eigenvalue weighted by atomic mass is 9.78. The van der Waals surface area contributed by atoms with Crippen molar-refractivity contribution in [3.63, 3.8) is 0 Å². The molecule has 4 nitrogen and oxygen atoms in total. The molecule has 0 spiro atoms. The summed E-state index contributed by atoms with van der Waals surface area (Å²) in [4.78, 5) is 15.0. The van der Waals surface area contributed by atoms with Gasteiger partial charge in [0.1, 0.15) is 0 Å². The molecular weight excluding hydrogens is 520 g/mol. The largest absolute Gasteiger partial charge is 0.417 e. The normalized spacial score (nSPS) is 21.4. The molecule has 1 heterocycles. The van der Waals surface area contributed by atoms with Crippen LogP contribution in [0.15, 0.2) is 12.1 Å². The van der Waals surface area contributed by atoms with Crippen LogP contribution in [0, 0.1) is 0 Å². The summed E-state index contributed by atoms with van der Waals surface area (Å²) in [6.45, 7) is 4.97. The molecule has 3 rings (SSSR count). The highest BCUT2D eigenvalue weighted by Crippen LogP contribution is 2.42. The first-order chi connectivity index (χ1) is 15.9. The fourth-order valence-electron chi connectivity index (χ4n) is 4.51. The maximum Gasteiger partial charge on any atom is 0.417 e. The van der Waals surface area contributed by atoms with Crippen molar-refractivity contribution in [1.82, 2.24) is 14.5 Å². The number of amides is 1. The van der Waals surface area contributed by atoms with Crippen LogP contribution in [-0.4, -0.2) is 65.1 Å². The highest BCUT2D eigenvalue weighted by Gasteiger charge is 2.47. The summed E-state index contributed by atoms with van der Waals surface area (Å²) in [5, 5.41) is 1.68. The maximum atomic E-state index is 14.0. The summed E-state index contributed by atoms with van der Waals surface area (Å²) < 4.78 is 70.0. The van der Waals surface area contributed by atoms with E-state index in [9.17, 15) is 26.7 Å². The summed E-state index contributed by atoms with van der Waals surface area (Å²) >= 11 is 13.7. The van der Waals surface area contributed by atoms with Crippen LogP contribution < -0.4 is 5.32 Å². The van der Waals surface area contributed by atoms with Gasteiger partial charge in [0, 0.05) is 56.9 Å². The smallest absolute Gasteiger partial charge is 0.350 e. The molecule has 2 fully saturated rings. The van der Waals surface area contributed by atoms with Crippen molar-refractivity contribution in [2.75, 3.05) is 38.5 Å².